The Morgan fingerprint density at radius 1 is 1.20 bits per heavy atom. The van der Waals surface area contributed by atoms with Crippen molar-refractivity contribution in [3.63, 3.8) is 0 Å². The summed E-state index contributed by atoms with van der Waals surface area (Å²) < 4.78 is 0. The molecule has 1 aromatic heterocycles. The Hall–Kier alpha value is -2.47. The molecule has 1 aromatic carbocycles. The number of nitrogens with zero attached hydrogens (tertiary/aromatic N) is 2. The molecule has 4 rings (SSSR count). The zero-order valence-electron chi connectivity index (χ0n) is 14.0. The van der Waals surface area contributed by atoms with Gasteiger partial charge in [-0.15, -0.1) is 0 Å². The van der Waals surface area contributed by atoms with Gasteiger partial charge in [0.25, 0.3) is 0 Å². The minimum Gasteiger partial charge on any atom is -0.390 e. The van der Waals surface area contributed by atoms with Crippen molar-refractivity contribution in [1.82, 2.24) is 20.6 Å². The van der Waals surface area contributed by atoms with Crippen LogP contribution in [-0.4, -0.2) is 33.8 Å². The van der Waals surface area contributed by atoms with Crippen LogP contribution in [0.5, 0.6) is 0 Å². The predicted octanol–water partition coefficient (Wildman–Crippen LogP) is 1.85. The molecule has 2 aliphatic carbocycles. The van der Waals surface area contributed by atoms with Gasteiger partial charge in [-0.2, -0.15) is 0 Å². The molecular formula is C19H22N4O2. The van der Waals surface area contributed by atoms with Gasteiger partial charge < -0.3 is 15.7 Å². The number of hydrogen-bond donors (Lipinski definition) is 3. The fourth-order valence-electron chi connectivity index (χ4n) is 3.31. The maximum Gasteiger partial charge on any atom is 0.315 e. The van der Waals surface area contributed by atoms with Crippen molar-refractivity contribution < 1.29 is 9.90 Å². The monoisotopic (exact) mass is 338 g/mol. The molecule has 2 aromatic rings. The molecule has 6 heteroatoms. The molecule has 130 valence electrons. The second-order valence-electron chi connectivity index (χ2n) is 6.82. The number of carbonyl (C=O) groups excluding carboxylic acids is 1. The first kappa shape index (κ1) is 16.0. The molecule has 3 N–H and O–H groups in total. The third-order valence-corrected chi connectivity index (χ3v) is 4.86. The zero-order chi connectivity index (χ0) is 17.2. The summed E-state index contributed by atoms with van der Waals surface area (Å²) in [5, 5.41) is 15.9. The van der Waals surface area contributed by atoms with Crippen molar-refractivity contribution in [1.29, 1.82) is 0 Å². The average molecular weight is 338 g/mol. The molecule has 0 radical (unpaired) electrons. The van der Waals surface area contributed by atoms with E-state index in [1.165, 1.54) is 12.8 Å². The third kappa shape index (κ3) is 3.64. The number of amides is 2. The van der Waals surface area contributed by atoms with Crippen LogP contribution in [0.25, 0.3) is 0 Å². The molecule has 1 heterocycles. The van der Waals surface area contributed by atoms with Gasteiger partial charge in [-0.25, -0.2) is 14.8 Å². The van der Waals surface area contributed by atoms with Gasteiger partial charge in [0.1, 0.15) is 5.82 Å². The van der Waals surface area contributed by atoms with E-state index in [2.05, 4.69) is 20.6 Å². The number of hydrogen-bond acceptors (Lipinski definition) is 4. The lowest BCUT2D eigenvalue weighted by molar-refractivity contribution is 0.142. The van der Waals surface area contributed by atoms with Crippen molar-refractivity contribution in [2.75, 3.05) is 6.54 Å². The van der Waals surface area contributed by atoms with E-state index in [1.54, 1.807) is 0 Å². The Morgan fingerprint density at radius 2 is 1.96 bits per heavy atom. The summed E-state index contributed by atoms with van der Waals surface area (Å²) in [7, 11) is 0. The topological polar surface area (TPSA) is 87.1 Å². The van der Waals surface area contributed by atoms with Gasteiger partial charge in [0, 0.05) is 31.3 Å². The highest BCUT2D eigenvalue weighted by atomic mass is 16.3. The molecule has 0 spiro atoms. The summed E-state index contributed by atoms with van der Waals surface area (Å²) in [6.45, 7) is 0.502. The van der Waals surface area contributed by atoms with Crippen LogP contribution in [0.4, 0.5) is 4.79 Å². The molecule has 2 aliphatic rings. The van der Waals surface area contributed by atoms with Crippen molar-refractivity contribution in [2.24, 2.45) is 0 Å². The van der Waals surface area contributed by atoms with Crippen LogP contribution in [0.2, 0.25) is 0 Å². The summed E-state index contributed by atoms with van der Waals surface area (Å²) in [6, 6.07) is 7.20. The molecule has 6 nitrogen and oxygen atoms in total. The van der Waals surface area contributed by atoms with Crippen LogP contribution in [0.1, 0.15) is 47.3 Å². The van der Waals surface area contributed by atoms with Gasteiger partial charge in [-0.1, -0.05) is 24.3 Å². The maximum absolute atomic E-state index is 12.1. The average Bonchev–Trinajstić information content (AvgIpc) is 3.42. The van der Waals surface area contributed by atoms with Gasteiger partial charge in [0.2, 0.25) is 0 Å². The fraction of sp³-hybridized carbons (Fsp3) is 0.421. The van der Waals surface area contributed by atoms with E-state index < -0.39 is 6.10 Å². The molecule has 0 aliphatic heterocycles. The van der Waals surface area contributed by atoms with E-state index in [1.807, 2.05) is 36.7 Å². The number of carbonyl (C=O) groups is 1. The summed E-state index contributed by atoms with van der Waals surface area (Å²) >= 11 is 0. The number of nitrogens with one attached hydrogen (secondary N) is 2. The van der Waals surface area contributed by atoms with E-state index in [0.717, 1.165) is 22.5 Å². The number of urea groups is 1. The van der Waals surface area contributed by atoms with Crippen LogP contribution in [0.3, 0.4) is 0 Å². The molecule has 25 heavy (non-hydrogen) atoms. The lowest BCUT2D eigenvalue weighted by Gasteiger charge is -2.18. The second kappa shape index (κ2) is 6.80. The van der Waals surface area contributed by atoms with Gasteiger partial charge in [0.15, 0.2) is 0 Å². The predicted molar refractivity (Wildman–Crippen MR) is 93.1 cm³/mol. The Labute approximate surface area is 146 Å². The Morgan fingerprint density at radius 3 is 2.72 bits per heavy atom. The first-order valence-electron chi connectivity index (χ1n) is 8.82. The van der Waals surface area contributed by atoms with Crippen LogP contribution in [-0.2, 0) is 12.8 Å². The van der Waals surface area contributed by atoms with Crippen LogP contribution in [0, 0.1) is 0 Å². The molecule has 2 atom stereocenters. The van der Waals surface area contributed by atoms with E-state index >= 15 is 0 Å². The number of benzene rings is 1. The molecule has 0 unspecified atom stereocenters. The Balaban J connectivity index is 1.26. The smallest absolute Gasteiger partial charge is 0.315 e. The highest BCUT2D eigenvalue weighted by Gasteiger charge is 2.31. The molecular weight excluding hydrogens is 316 g/mol. The van der Waals surface area contributed by atoms with E-state index in [0.29, 0.717) is 25.3 Å². The molecule has 0 saturated heterocycles. The van der Waals surface area contributed by atoms with Crippen molar-refractivity contribution >= 4 is 6.03 Å². The second-order valence-corrected chi connectivity index (χ2v) is 6.82. The van der Waals surface area contributed by atoms with Crippen LogP contribution in [0.15, 0.2) is 36.7 Å². The van der Waals surface area contributed by atoms with Crippen LogP contribution < -0.4 is 10.6 Å². The van der Waals surface area contributed by atoms with Crippen molar-refractivity contribution in [3.05, 3.63) is 59.2 Å². The molecule has 1 fully saturated rings. The van der Waals surface area contributed by atoms with E-state index in [9.17, 15) is 9.90 Å². The van der Waals surface area contributed by atoms with Crippen molar-refractivity contribution in [3.8, 4) is 0 Å². The summed E-state index contributed by atoms with van der Waals surface area (Å²) in [4.78, 5) is 20.9. The standard InChI is InChI=1S/C19H22N4O2/c24-16-9-14-3-1-2-4-15(14)17(16)23-19(25)20-8-7-12-10-21-18(22-11-12)13-5-6-13/h1-4,10-11,13,16-17,24H,5-9H2,(H2,20,23,25)/t16-,17+/m0/s1. The minimum atomic E-state index is -0.577. The van der Waals surface area contributed by atoms with Gasteiger partial charge in [-0.3, -0.25) is 0 Å². The minimum absolute atomic E-state index is 0.267. The highest BCUT2D eigenvalue weighted by molar-refractivity contribution is 5.74. The van der Waals surface area contributed by atoms with E-state index in [4.69, 9.17) is 0 Å². The van der Waals surface area contributed by atoms with E-state index in [-0.39, 0.29) is 12.1 Å². The number of aromatic nitrogens is 2. The first-order chi connectivity index (χ1) is 12.2. The number of fused-ring (bicyclic) bond motifs is 1. The number of aliphatic hydroxyl groups is 1. The Kier molecular flexibility index (Phi) is 4.36. The quantitative estimate of drug-likeness (QED) is 0.776. The van der Waals surface area contributed by atoms with Gasteiger partial charge in [0.05, 0.1) is 12.1 Å². The fourth-order valence-corrected chi connectivity index (χ4v) is 3.31. The molecule has 0 bridgehead atoms. The number of aliphatic hydroxyl groups excluding tert-OH is 1. The third-order valence-electron chi connectivity index (χ3n) is 4.86. The molecule has 1 saturated carbocycles. The lowest BCUT2D eigenvalue weighted by Crippen LogP contribution is -2.41. The van der Waals surface area contributed by atoms with Gasteiger partial charge in [-0.05, 0) is 36.0 Å². The highest BCUT2D eigenvalue weighted by Crippen LogP contribution is 2.37. The lowest BCUT2D eigenvalue weighted by atomic mass is 10.1. The van der Waals surface area contributed by atoms with Crippen LogP contribution >= 0.6 is 0 Å². The normalized spacial score (nSPS) is 21.6. The maximum atomic E-state index is 12.1. The SMILES string of the molecule is O=C(NCCc1cnc(C2CC2)nc1)N[C@@H]1c2ccccc2C[C@@H]1O. The first-order valence-corrected chi connectivity index (χ1v) is 8.82. The summed E-state index contributed by atoms with van der Waals surface area (Å²) in [6.07, 6.45) is 6.75. The van der Waals surface area contributed by atoms with Gasteiger partial charge >= 0.3 is 6.03 Å². The Bertz CT molecular complexity index is 758. The molecule has 2 amide bonds. The van der Waals surface area contributed by atoms with Crippen molar-refractivity contribution in [2.45, 2.75) is 43.7 Å². The number of rotatable bonds is 5. The largest absolute Gasteiger partial charge is 0.390 e. The summed E-state index contributed by atoms with van der Waals surface area (Å²) in [5.41, 5.74) is 3.10. The zero-order valence-corrected chi connectivity index (χ0v) is 14.0. The summed E-state index contributed by atoms with van der Waals surface area (Å²) in [5.74, 6) is 1.49.